The van der Waals surface area contributed by atoms with Crippen molar-refractivity contribution in [3.05, 3.63) is 71.5 Å². The van der Waals surface area contributed by atoms with Gasteiger partial charge in [-0.2, -0.15) is 0 Å². The van der Waals surface area contributed by atoms with Gasteiger partial charge in [0.25, 0.3) is 0 Å². The number of rotatable bonds is 13. The molecule has 0 aliphatic rings. The first kappa shape index (κ1) is 25.5. The third-order valence-corrected chi connectivity index (χ3v) is 4.27. The smallest absolute Gasteiger partial charge is 0.182 e. The molecule has 0 bridgehead atoms. The maximum absolute atomic E-state index is 12.1. The zero-order chi connectivity index (χ0) is 24.1. The lowest BCUT2D eigenvalue weighted by molar-refractivity contribution is -0.110. The summed E-state index contributed by atoms with van der Waals surface area (Å²) in [4.78, 5) is 12.1. The number of aromatic hydroxyl groups is 1. The van der Waals surface area contributed by atoms with Crippen molar-refractivity contribution in [2.24, 2.45) is 0 Å². The quantitative estimate of drug-likeness (QED) is 0.197. The highest BCUT2D eigenvalue weighted by atomic mass is 19.1. The van der Waals surface area contributed by atoms with Crippen LogP contribution < -0.4 is 14.2 Å². The van der Waals surface area contributed by atoms with Crippen LogP contribution in [-0.4, -0.2) is 56.7 Å². The van der Waals surface area contributed by atoms with Crippen molar-refractivity contribution < 1.29 is 38.3 Å². The van der Waals surface area contributed by atoms with Gasteiger partial charge in [-0.15, -0.1) is 0 Å². The Morgan fingerprint density at radius 2 is 1.58 bits per heavy atom. The molecule has 0 heterocycles. The van der Waals surface area contributed by atoms with Gasteiger partial charge >= 0.3 is 0 Å². The molecule has 0 saturated carbocycles. The van der Waals surface area contributed by atoms with Gasteiger partial charge in [-0.05, 0) is 47.5 Å². The van der Waals surface area contributed by atoms with Crippen LogP contribution in [0.15, 0.2) is 60.4 Å². The number of benzene rings is 2. The fraction of sp³-hybridized carbons (Fsp3) is 0.240. The van der Waals surface area contributed by atoms with Gasteiger partial charge in [0.2, 0.25) is 0 Å². The van der Waals surface area contributed by atoms with Gasteiger partial charge in [-0.1, -0.05) is 24.3 Å². The van der Waals surface area contributed by atoms with E-state index in [4.69, 9.17) is 18.9 Å². The summed E-state index contributed by atoms with van der Waals surface area (Å²) in [5, 5.41) is 19.6. The molecule has 0 aliphatic carbocycles. The molecule has 0 unspecified atom stereocenters. The molecule has 2 aromatic rings. The highest BCUT2D eigenvalue weighted by molar-refractivity contribution is 6.02. The minimum atomic E-state index is -0.541. The first-order valence-corrected chi connectivity index (χ1v) is 10.1. The van der Waals surface area contributed by atoms with E-state index in [1.807, 2.05) is 0 Å². The van der Waals surface area contributed by atoms with Crippen LogP contribution in [-0.2, 0) is 9.53 Å². The number of methoxy groups -OCH3 is 2. The fourth-order valence-electron chi connectivity index (χ4n) is 2.67. The number of allylic oxidation sites excluding steroid dienone is 3. The maximum atomic E-state index is 12.1. The summed E-state index contributed by atoms with van der Waals surface area (Å²) in [6.07, 6.45) is 6.92. The summed E-state index contributed by atoms with van der Waals surface area (Å²) in [6.45, 7) is 0.00402. The third-order valence-electron chi connectivity index (χ3n) is 4.27. The molecule has 176 valence electrons. The van der Waals surface area contributed by atoms with Gasteiger partial charge in [-0.3, -0.25) is 4.79 Å². The van der Waals surface area contributed by atoms with Gasteiger partial charge in [0.15, 0.2) is 28.8 Å². The SMILES string of the molecule is COc1cc(/C=C/C(=O)/C=C(O)/C=C/c2ccc(OCCOCCF)c(OC)c2)ccc1O. The largest absolute Gasteiger partial charge is 0.508 e. The van der Waals surface area contributed by atoms with Crippen LogP contribution in [0.25, 0.3) is 12.2 Å². The van der Waals surface area contributed by atoms with Gasteiger partial charge in [-0.25, -0.2) is 4.39 Å². The van der Waals surface area contributed by atoms with Crippen LogP contribution in [0.1, 0.15) is 11.1 Å². The first-order chi connectivity index (χ1) is 16.0. The molecule has 2 aromatic carbocycles. The van der Waals surface area contributed by atoms with Crippen molar-refractivity contribution in [2.45, 2.75) is 0 Å². The molecule has 0 amide bonds. The summed E-state index contributed by atoms with van der Waals surface area (Å²) >= 11 is 0. The minimum Gasteiger partial charge on any atom is -0.508 e. The van der Waals surface area contributed by atoms with Crippen LogP contribution in [0.5, 0.6) is 23.0 Å². The molecule has 0 aromatic heterocycles. The molecule has 0 fully saturated rings. The van der Waals surface area contributed by atoms with E-state index in [1.165, 1.54) is 32.4 Å². The molecule has 0 saturated heterocycles. The molecular formula is C25H27FO7. The van der Waals surface area contributed by atoms with Crippen LogP contribution in [0, 0.1) is 0 Å². The number of carbonyl (C=O) groups excluding carboxylic acids is 1. The topological polar surface area (TPSA) is 94.5 Å². The van der Waals surface area contributed by atoms with Gasteiger partial charge < -0.3 is 29.2 Å². The maximum Gasteiger partial charge on any atom is 0.182 e. The Labute approximate surface area is 192 Å². The molecule has 33 heavy (non-hydrogen) atoms. The third kappa shape index (κ3) is 8.70. The number of ketones is 1. The molecule has 2 rings (SSSR count). The molecule has 0 aliphatic heterocycles. The van der Waals surface area contributed by atoms with Gasteiger partial charge in [0, 0.05) is 6.08 Å². The van der Waals surface area contributed by atoms with Crippen molar-refractivity contribution in [3.63, 3.8) is 0 Å². The van der Waals surface area contributed by atoms with E-state index in [2.05, 4.69) is 0 Å². The zero-order valence-electron chi connectivity index (χ0n) is 18.5. The number of phenolic OH excluding ortho intramolecular Hbond substituents is 1. The van der Waals surface area contributed by atoms with E-state index in [1.54, 1.807) is 42.5 Å². The van der Waals surface area contributed by atoms with E-state index in [-0.39, 0.29) is 31.3 Å². The van der Waals surface area contributed by atoms with Crippen LogP contribution in [0.3, 0.4) is 0 Å². The first-order valence-electron chi connectivity index (χ1n) is 10.1. The average Bonchev–Trinajstić information content (AvgIpc) is 2.82. The second kappa shape index (κ2) is 13.6. The van der Waals surface area contributed by atoms with Crippen molar-refractivity contribution >= 4 is 17.9 Å². The van der Waals surface area contributed by atoms with E-state index in [9.17, 15) is 19.4 Å². The predicted octanol–water partition coefficient (Wildman–Crippen LogP) is 4.51. The Morgan fingerprint density at radius 1 is 0.909 bits per heavy atom. The molecule has 8 heteroatoms. The van der Waals surface area contributed by atoms with Crippen LogP contribution >= 0.6 is 0 Å². The fourth-order valence-corrected chi connectivity index (χ4v) is 2.67. The van der Waals surface area contributed by atoms with Gasteiger partial charge in [0.1, 0.15) is 19.0 Å². The number of alkyl halides is 1. The number of aliphatic hydroxyl groups excluding tert-OH is 1. The highest BCUT2D eigenvalue weighted by Crippen LogP contribution is 2.29. The molecule has 7 nitrogen and oxygen atoms in total. The van der Waals surface area contributed by atoms with E-state index < -0.39 is 12.5 Å². The van der Waals surface area contributed by atoms with Crippen molar-refractivity contribution in [3.8, 4) is 23.0 Å². The lowest BCUT2D eigenvalue weighted by Crippen LogP contribution is -2.08. The normalized spacial score (nSPS) is 11.8. The Bertz CT molecular complexity index is 1010. The number of phenols is 1. The lowest BCUT2D eigenvalue weighted by atomic mass is 10.1. The van der Waals surface area contributed by atoms with Crippen molar-refractivity contribution in [2.75, 3.05) is 40.7 Å². The van der Waals surface area contributed by atoms with E-state index >= 15 is 0 Å². The Hall–Kier alpha value is -3.78. The number of ether oxygens (including phenoxy) is 4. The van der Waals surface area contributed by atoms with E-state index in [0.29, 0.717) is 28.4 Å². The number of carbonyl (C=O) groups is 1. The number of aliphatic hydroxyl groups is 1. The average molecular weight is 458 g/mol. The van der Waals surface area contributed by atoms with Crippen LogP contribution in [0.2, 0.25) is 0 Å². The molecular weight excluding hydrogens is 431 g/mol. The Balaban J connectivity index is 1.97. The second-order valence-electron chi connectivity index (χ2n) is 6.63. The number of halogens is 1. The highest BCUT2D eigenvalue weighted by Gasteiger charge is 2.05. The Morgan fingerprint density at radius 3 is 2.27 bits per heavy atom. The minimum absolute atomic E-state index is 0.00230. The predicted molar refractivity (Wildman–Crippen MR) is 124 cm³/mol. The summed E-state index contributed by atoms with van der Waals surface area (Å²) in [5.41, 5.74) is 1.37. The van der Waals surface area contributed by atoms with E-state index in [0.717, 1.165) is 6.08 Å². The lowest BCUT2D eigenvalue weighted by Gasteiger charge is -2.11. The molecule has 0 atom stereocenters. The Kier molecular flexibility index (Phi) is 10.5. The van der Waals surface area contributed by atoms with Crippen LogP contribution in [0.4, 0.5) is 4.39 Å². The number of hydrogen-bond donors (Lipinski definition) is 2. The number of hydrogen-bond acceptors (Lipinski definition) is 7. The second-order valence-corrected chi connectivity index (χ2v) is 6.63. The van der Waals surface area contributed by atoms with Crippen molar-refractivity contribution in [1.82, 2.24) is 0 Å². The summed E-state index contributed by atoms with van der Waals surface area (Å²) < 4.78 is 32.9. The molecule has 0 radical (unpaired) electrons. The summed E-state index contributed by atoms with van der Waals surface area (Å²) in [5.74, 6) is 0.641. The van der Waals surface area contributed by atoms with Crippen molar-refractivity contribution in [1.29, 1.82) is 0 Å². The van der Waals surface area contributed by atoms with Gasteiger partial charge in [0.05, 0.1) is 27.4 Å². The zero-order valence-corrected chi connectivity index (χ0v) is 18.5. The molecule has 2 N–H and O–H groups in total. The molecule has 0 spiro atoms. The monoisotopic (exact) mass is 458 g/mol. The summed E-state index contributed by atoms with van der Waals surface area (Å²) in [6, 6.07) is 9.84. The standard InChI is InChI=1S/C25H27FO7/c1-30-24-15-18(5-9-22(24)29)3-7-20(27)17-21(28)8-4-19-6-10-23(25(16-19)31-2)33-14-13-32-12-11-26/h3-10,15-17,28-29H,11-14H2,1-2H3/b7-3+,8-4+,21-17-. The summed E-state index contributed by atoms with van der Waals surface area (Å²) in [7, 11) is 2.94.